The van der Waals surface area contributed by atoms with Crippen LogP contribution in [0.3, 0.4) is 0 Å². The van der Waals surface area contributed by atoms with Gasteiger partial charge in [0.15, 0.2) is 0 Å². The van der Waals surface area contributed by atoms with Crippen molar-refractivity contribution in [3.63, 3.8) is 0 Å². The van der Waals surface area contributed by atoms with Crippen LogP contribution in [0.5, 0.6) is 0 Å². The van der Waals surface area contributed by atoms with Crippen LogP contribution in [0.2, 0.25) is 5.02 Å². The molecule has 0 aromatic heterocycles. The zero-order valence-electron chi connectivity index (χ0n) is 13.5. The predicted molar refractivity (Wildman–Crippen MR) is 88.1 cm³/mol. The van der Waals surface area contributed by atoms with Gasteiger partial charge in [0, 0.05) is 22.2 Å². The van der Waals surface area contributed by atoms with Crippen LogP contribution in [-0.4, -0.2) is 18.2 Å². The molecular formula is C18H17ClF3NO2. The predicted octanol–water partition coefficient (Wildman–Crippen LogP) is 4.65. The zero-order chi connectivity index (χ0) is 18.2. The fraction of sp³-hybridized carbons (Fsp3) is 0.500. The standard InChI is InChI=1S/C18H17ClF3NO2/c1-2-3-15-16(24)23-14-7-6-12(19)10-13(14)17(25-15,18(20,21)22)9-8-11-4-5-11/h6-7,10-11,15H,2-5H2,1H3,(H,23,24)/t15-,17-/m1/s1. The van der Waals surface area contributed by atoms with Crippen molar-refractivity contribution in [3.05, 3.63) is 28.8 Å². The Bertz CT molecular complexity index is 749. The smallest absolute Gasteiger partial charge is 0.337 e. The van der Waals surface area contributed by atoms with E-state index < -0.39 is 23.8 Å². The molecule has 134 valence electrons. The summed E-state index contributed by atoms with van der Waals surface area (Å²) in [6.45, 7) is 1.77. The summed E-state index contributed by atoms with van der Waals surface area (Å²) in [6.07, 6.45) is -3.86. The molecule has 2 atom stereocenters. The van der Waals surface area contributed by atoms with Gasteiger partial charge in [-0.2, -0.15) is 13.2 Å². The molecule has 3 rings (SSSR count). The third kappa shape index (κ3) is 3.49. The van der Waals surface area contributed by atoms with Gasteiger partial charge in [0.25, 0.3) is 11.5 Å². The second-order valence-electron chi connectivity index (χ2n) is 6.30. The number of fused-ring (bicyclic) bond motifs is 1. The molecular weight excluding hydrogens is 355 g/mol. The number of amides is 1. The van der Waals surface area contributed by atoms with Crippen LogP contribution in [0.1, 0.15) is 38.2 Å². The highest BCUT2D eigenvalue weighted by molar-refractivity contribution is 6.30. The van der Waals surface area contributed by atoms with Crippen molar-refractivity contribution in [3.8, 4) is 11.8 Å². The Morgan fingerprint density at radius 2 is 2.12 bits per heavy atom. The molecule has 7 heteroatoms. The maximum absolute atomic E-state index is 14.2. The Morgan fingerprint density at radius 1 is 1.40 bits per heavy atom. The third-order valence-electron chi connectivity index (χ3n) is 4.21. The van der Waals surface area contributed by atoms with Gasteiger partial charge < -0.3 is 10.1 Å². The molecule has 1 saturated carbocycles. The molecule has 1 fully saturated rings. The molecule has 1 aromatic rings. The van der Waals surface area contributed by atoms with Crippen molar-refractivity contribution in [1.29, 1.82) is 0 Å². The Kier molecular flexibility index (Phi) is 4.74. The van der Waals surface area contributed by atoms with Crippen LogP contribution < -0.4 is 5.32 Å². The fourth-order valence-corrected chi connectivity index (χ4v) is 2.90. The van der Waals surface area contributed by atoms with Crippen molar-refractivity contribution in [1.82, 2.24) is 0 Å². The minimum Gasteiger partial charge on any atom is -0.337 e. The average Bonchev–Trinajstić information content (AvgIpc) is 3.35. The molecule has 0 unspecified atom stereocenters. The molecule has 1 aliphatic carbocycles. The minimum atomic E-state index is -4.83. The number of alkyl halides is 3. The topological polar surface area (TPSA) is 38.3 Å². The number of nitrogens with one attached hydrogen (secondary N) is 1. The van der Waals surface area contributed by atoms with Crippen LogP contribution in [0.25, 0.3) is 0 Å². The van der Waals surface area contributed by atoms with E-state index in [2.05, 4.69) is 17.2 Å². The van der Waals surface area contributed by atoms with E-state index in [-0.39, 0.29) is 28.6 Å². The summed E-state index contributed by atoms with van der Waals surface area (Å²) in [4.78, 5) is 12.3. The minimum absolute atomic E-state index is 0.0235. The fourth-order valence-electron chi connectivity index (χ4n) is 2.73. The van der Waals surface area contributed by atoms with E-state index in [1.54, 1.807) is 6.92 Å². The van der Waals surface area contributed by atoms with E-state index in [0.717, 1.165) is 12.8 Å². The van der Waals surface area contributed by atoms with Crippen molar-refractivity contribution >= 4 is 23.2 Å². The number of hydrogen-bond acceptors (Lipinski definition) is 2. The molecule has 2 aliphatic rings. The molecule has 1 amide bonds. The molecule has 1 heterocycles. The maximum atomic E-state index is 14.2. The van der Waals surface area contributed by atoms with Crippen molar-refractivity contribution in [2.75, 3.05) is 5.32 Å². The molecule has 0 radical (unpaired) electrons. The summed E-state index contributed by atoms with van der Waals surface area (Å²) >= 11 is 5.93. The van der Waals surface area contributed by atoms with Gasteiger partial charge in [-0.15, -0.1) is 0 Å². The van der Waals surface area contributed by atoms with Crippen LogP contribution in [0.15, 0.2) is 18.2 Å². The molecule has 0 saturated heterocycles. The number of hydrogen-bond donors (Lipinski definition) is 1. The van der Waals surface area contributed by atoms with E-state index in [0.29, 0.717) is 6.42 Å². The van der Waals surface area contributed by atoms with Crippen LogP contribution in [-0.2, 0) is 15.1 Å². The molecule has 0 bridgehead atoms. The Balaban J connectivity index is 2.22. The summed E-state index contributed by atoms with van der Waals surface area (Å²) < 4.78 is 48.0. The van der Waals surface area contributed by atoms with Crippen LogP contribution in [0.4, 0.5) is 18.9 Å². The second-order valence-corrected chi connectivity index (χ2v) is 6.73. The van der Waals surface area contributed by atoms with Crippen molar-refractivity contribution in [2.24, 2.45) is 5.92 Å². The maximum Gasteiger partial charge on any atom is 0.433 e. The number of carbonyl (C=O) groups is 1. The largest absolute Gasteiger partial charge is 0.433 e. The van der Waals surface area contributed by atoms with Crippen molar-refractivity contribution < 1.29 is 22.7 Å². The SMILES string of the molecule is CCC[C@H]1O[C@@](C#CC2CC2)(C(F)(F)F)c2cc(Cl)ccc2NC1=O. The first kappa shape index (κ1) is 18.1. The van der Waals surface area contributed by atoms with Gasteiger partial charge in [0.05, 0.1) is 0 Å². The van der Waals surface area contributed by atoms with E-state index in [9.17, 15) is 18.0 Å². The highest BCUT2D eigenvalue weighted by Crippen LogP contribution is 2.48. The lowest BCUT2D eigenvalue weighted by molar-refractivity contribution is -0.268. The summed E-state index contributed by atoms with van der Waals surface area (Å²) in [5, 5.41) is 2.64. The van der Waals surface area contributed by atoms with Gasteiger partial charge in [-0.3, -0.25) is 4.79 Å². The van der Waals surface area contributed by atoms with E-state index in [4.69, 9.17) is 16.3 Å². The molecule has 1 aliphatic heterocycles. The summed E-state index contributed by atoms with van der Waals surface area (Å²) in [6, 6.07) is 3.95. The van der Waals surface area contributed by atoms with E-state index in [1.165, 1.54) is 18.2 Å². The number of anilines is 1. The van der Waals surface area contributed by atoms with Gasteiger partial charge in [0.2, 0.25) is 0 Å². The third-order valence-corrected chi connectivity index (χ3v) is 4.45. The average molecular weight is 372 g/mol. The molecule has 25 heavy (non-hydrogen) atoms. The monoisotopic (exact) mass is 371 g/mol. The highest BCUT2D eigenvalue weighted by atomic mass is 35.5. The van der Waals surface area contributed by atoms with Gasteiger partial charge in [-0.25, -0.2) is 0 Å². The van der Waals surface area contributed by atoms with Gasteiger partial charge >= 0.3 is 6.18 Å². The quantitative estimate of drug-likeness (QED) is 0.768. The van der Waals surface area contributed by atoms with Gasteiger partial charge in [-0.05, 0) is 37.5 Å². The number of ether oxygens (including phenoxy) is 1. The number of carbonyl (C=O) groups excluding carboxylic acids is 1. The Hall–Kier alpha value is -1.71. The molecule has 3 nitrogen and oxygen atoms in total. The highest BCUT2D eigenvalue weighted by Gasteiger charge is 2.60. The van der Waals surface area contributed by atoms with E-state index >= 15 is 0 Å². The van der Waals surface area contributed by atoms with Crippen LogP contribution >= 0.6 is 11.6 Å². The Morgan fingerprint density at radius 3 is 2.72 bits per heavy atom. The Labute approximate surface area is 148 Å². The lowest BCUT2D eigenvalue weighted by atomic mass is 9.91. The molecule has 1 N–H and O–H groups in total. The number of benzene rings is 1. The van der Waals surface area contributed by atoms with Crippen molar-refractivity contribution in [2.45, 2.75) is 50.5 Å². The summed E-state index contributed by atoms with van der Waals surface area (Å²) in [5.74, 6) is 4.32. The number of halogens is 4. The molecule has 1 aromatic carbocycles. The van der Waals surface area contributed by atoms with Crippen LogP contribution in [0, 0.1) is 17.8 Å². The normalized spacial score (nSPS) is 26.1. The van der Waals surface area contributed by atoms with Gasteiger partial charge in [-0.1, -0.05) is 36.8 Å². The second kappa shape index (κ2) is 6.54. The summed E-state index contributed by atoms with van der Waals surface area (Å²) in [7, 11) is 0. The van der Waals surface area contributed by atoms with Gasteiger partial charge in [0.1, 0.15) is 6.10 Å². The first-order valence-corrected chi connectivity index (χ1v) is 8.53. The summed E-state index contributed by atoms with van der Waals surface area (Å²) in [5.41, 5.74) is -3.13. The lowest BCUT2D eigenvalue weighted by Crippen LogP contribution is -2.46. The first-order valence-electron chi connectivity index (χ1n) is 8.15. The number of rotatable bonds is 2. The lowest BCUT2D eigenvalue weighted by Gasteiger charge is -2.33. The van der Waals surface area contributed by atoms with E-state index in [1.807, 2.05) is 0 Å². The first-order chi connectivity index (χ1) is 11.8. The zero-order valence-corrected chi connectivity index (χ0v) is 14.3. The molecule has 0 spiro atoms.